The lowest BCUT2D eigenvalue weighted by Crippen LogP contribution is -2.41. The molecule has 1 amide bonds. The summed E-state index contributed by atoms with van der Waals surface area (Å²) in [4.78, 5) is 22.6. The number of guanidine groups is 1. The molecule has 0 saturated heterocycles. The molecule has 1 unspecified atom stereocenters. The normalized spacial score (nSPS) is 18.8. The Balaban J connectivity index is 1.99. The van der Waals surface area contributed by atoms with E-state index < -0.39 is 23.6 Å². The first-order chi connectivity index (χ1) is 14.3. The van der Waals surface area contributed by atoms with E-state index in [2.05, 4.69) is 20.2 Å². The molecule has 0 radical (unpaired) electrons. The Labute approximate surface area is 175 Å². The Morgan fingerprint density at radius 3 is 2.57 bits per heavy atom. The maximum absolute atomic E-state index is 13.3. The number of hydrogen-bond acceptors (Lipinski definition) is 6. The van der Waals surface area contributed by atoms with Gasteiger partial charge in [0.1, 0.15) is 5.69 Å². The second-order valence-corrected chi connectivity index (χ2v) is 7.09. The minimum Gasteiger partial charge on any atom is -0.369 e. The molecular weight excluding hydrogens is 414 g/mol. The Morgan fingerprint density at radius 1 is 1.13 bits per heavy atom. The van der Waals surface area contributed by atoms with Crippen LogP contribution >= 0.6 is 11.6 Å². The minimum atomic E-state index is -2.81. The molecule has 0 bridgehead atoms. The van der Waals surface area contributed by atoms with Crippen LogP contribution in [0.2, 0.25) is 5.02 Å². The fourth-order valence-corrected chi connectivity index (χ4v) is 3.61. The zero-order valence-corrected chi connectivity index (χ0v) is 16.4. The van der Waals surface area contributed by atoms with Gasteiger partial charge in [-0.15, -0.1) is 0 Å². The van der Waals surface area contributed by atoms with Crippen molar-refractivity contribution < 1.29 is 13.6 Å². The van der Waals surface area contributed by atoms with Crippen LogP contribution in [0.1, 0.15) is 23.2 Å². The van der Waals surface area contributed by atoms with E-state index in [-0.39, 0.29) is 11.5 Å². The Hall–Kier alpha value is -3.46. The molecule has 3 heterocycles. The van der Waals surface area contributed by atoms with Crippen molar-refractivity contribution in [2.24, 2.45) is 10.7 Å². The third-order valence-corrected chi connectivity index (χ3v) is 5.06. The first-order valence-electron chi connectivity index (χ1n) is 8.80. The highest BCUT2D eigenvalue weighted by Gasteiger charge is 2.50. The number of benzene rings is 1. The molecule has 0 fully saturated rings. The lowest BCUT2D eigenvalue weighted by atomic mass is 9.82. The van der Waals surface area contributed by atoms with Crippen LogP contribution in [0, 0.1) is 0 Å². The van der Waals surface area contributed by atoms with Crippen molar-refractivity contribution >= 4 is 23.5 Å². The summed E-state index contributed by atoms with van der Waals surface area (Å²) < 4.78 is 26.6. The van der Waals surface area contributed by atoms with Gasteiger partial charge in [0.15, 0.2) is 11.5 Å². The fourth-order valence-electron chi connectivity index (χ4n) is 3.38. The third kappa shape index (κ3) is 3.17. The van der Waals surface area contributed by atoms with Crippen LogP contribution < -0.4 is 5.73 Å². The summed E-state index contributed by atoms with van der Waals surface area (Å²) in [6, 6.07) is 10.9. The number of aliphatic imine (C=N–C) groups is 1. The van der Waals surface area contributed by atoms with Gasteiger partial charge in [-0.25, -0.2) is 13.8 Å². The van der Waals surface area contributed by atoms with Gasteiger partial charge in [0, 0.05) is 30.0 Å². The van der Waals surface area contributed by atoms with Crippen LogP contribution in [0.5, 0.6) is 0 Å². The molecule has 1 aromatic carbocycles. The molecule has 1 aliphatic rings. The summed E-state index contributed by atoms with van der Waals surface area (Å²) in [5.74, 6) is -0.546. The van der Waals surface area contributed by atoms with Crippen molar-refractivity contribution in [1.29, 1.82) is 0 Å². The number of likely N-dealkylation sites (N-methyl/N-ethyl adjacent to an activating group) is 1. The van der Waals surface area contributed by atoms with Crippen molar-refractivity contribution in [3.63, 3.8) is 0 Å². The minimum absolute atomic E-state index is 0.0450. The topological polar surface area (TPSA) is 97.4 Å². The molecule has 2 aromatic heterocycles. The Morgan fingerprint density at radius 2 is 1.93 bits per heavy atom. The number of pyridine rings is 1. The molecule has 2 N–H and O–H groups in total. The highest BCUT2D eigenvalue weighted by Crippen LogP contribution is 2.42. The van der Waals surface area contributed by atoms with E-state index in [1.54, 1.807) is 30.3 Å². The summed E-state index contributed by atoms with van der Waals surface area (Å²) in [6.07, 6.45) is -0.0731. The van der Waals surface area contributed by atoms with Crippen LogP contribution in [-0.2, 0) is 10.3 Å². The number of nitrogens with two attached hydrogens (primary N) is 1. The third-order valence-electron chi connectivity index (χ3n) is 4.85. The Kier molecular flexibility index (Phi) is 4.90. The molecule has 7 nitrogen and oxygen atoms in total. The number of rotatable bonds is 4. The molecule has 0 aliphatic carbocycles. The molecule has 10 heteroatoms. The van der Waals surface area contributed by atoms with Crippen molar-refractivity contribution in [2.75, 3.05) is 7.05 Å². The summed E-state index contributed by atoms with van der Waals surface area (Å²) in [7, 11) is 1.46. The largest absolute Gasteiger partial charge is 0.369 e. The SMILES string of the molecule is CN1C(=O)C(c2cc(Cl)cc(-c3cccnn3)c2)(c2ccnc(C(F)F)c2)N=C1N. The number of carbonyl (C=O) groups excluding carboxylic acids is 1. The van der Waals surface area contributed by atoms with Gasteiger partial charge in [-0.1, -0.05) is 11.6 Å². The molecule has 3 aromatic rings. The van der Waals surface area contributed by atoms with E-state index in [0.717, 1.165) is 6.07 Å². The van der Waals surface area contributed by atoms with Crippen molar-refractivity contribution in [1.82, 2.24) is 20.1 Å². The van der Waals surface area contributed by atoms with Gasteiger partial charge in [0.2, 0.25) is 0 Å². The summed E-state index contributed by atoms with van der Waals surface area (Å²) >= 11 is 6.34. The van der Waals surface area contributed by atoms with Gasteiger partial charge in [-0.05, 0) is 53.6 Å². The highest BCUT2D eigenvalue weighted by atomic mass is 35.5. The zero-order valence-electron chi connectivity index (χ0n) is 15.6. The van der Waals surface area contributed by atoms with Crippen molar-refractivity contribution in [2.45, 2.75) is 12.0 Å². The van der Waals surface area contributed by atoms with Gasteiger partial charge in [0.05, 0.1) is 5.69 Å². The second-order valence-electron chi connectivity index (χ2n) is 6.65. The van der Waals surface area contributed by atoms with Gasteiger partial charge >= 0.3 is 0 Å². The molecule has 4 rings (SSSR count). The summed E-state index contributed by atoms with van der Waals surface area (Å²) in [6.45, 7) is 0. The summed E-state index contributed by atoms with van der Waals surface area (Å²) in [5.41, 5.74) is 5.46. The van der Waals surface area contributed by atoms with Crippen LogP contribution in [0.3, 0.4) is 0 Å². The maximum atomic E-state index is 13.3. The second kappa shape index (κ2) is 7.42. The quantitative estimate of drug-likeness (QED) is 0.688. The predicted octanol–water partition coefficient (Wildman–Crippen LogP) is 3.16. The predicted molar refractivity (Wildman–Crippen MR) is 107 cm³/mol. The highest BCUT2D eigenvalue weighted by molar-refractivity contribution is 6.31. The van der Waals surface area contributed by atoms with Crippen LogP contribution in [0.4, 0.5) is 8.78 Å². The van der Waals surface area contributed by atoms with Gasteiger partial charge in [-0.3, -0.25) is 14.7 Å². The van der Waals surface area contributed by atoms with Gasteiger partial charge in [-0.2, -0.15) is 10.2 Å². The number of carbonyl (C=O) groups is 1. The molecular formula is C20H15ClF2N6O. The monoisotopic (exact) mass is 428 g/mol. The standard InChI is InChI=1S/C20H15ClF2N6O/c1-29-18(30)20(27-19(29)24,12-4-6-25-16(10-12)17(22)23)13-7-11(8-14(21)9-13)15-3-2-5-26-28-15/h2-10,17H,1H3,(H2,24,27). The molecule has 30 heavy (non-hydrogen) atoms. The molecule has 152 valence electrons. The van der Waals surface area contributed by atoms with E-state index in [4.69, 9.17) is 17.3 Å². The van der Waals surface area contributed by atoms with Crippen molar-refractivity contribution in [3.05, 3.63) is 76.7 Å². The number of hydrogen-bond donors (Lipinski definition) is 1. The number of amides is 1. The number of alkyl halides is 2. The summed E-state index contributed by atoms with van der Waals surface area (Å²) in [5, 5.41) is 8.23. The zero-order chi connectivity index (χ0) is 21.5. The van der Waals surface area contributed by atoms with Gasteiger partial charge < -0.3 is 5.73 Å². The number of nitrogens with zero attached hydrogens (tertiary/aromatic N) is 5. The number of aromatic nitrogens is 3. The maximum Gasteiger partial charge on any atom is 0.280 e. The number of halogens is 3. The van der Waals surface area contributed by atoms with E-state index in [0.29, 0.717) is 21.8 Å². The lowest BCUT2D eigenvalue weighted by Gasteiger charge is -2.27. The first kappa shape index (κ1) is 19.8. The van der Waals surface area contributed by atoms with E-state index >= 15 is 0 Å². The van der Waals surface area contributed by atoms with E-state index in [9.17, 15) is 13.6 Å². The van der Waals surface area contributed by atoms with Crippen LogP contribution in [0.25, 0.3) is 11.3 Å². The Bertz CT molecular complexity index is 1160. The lowest BCUT2D eigenvalue weighted by molar-refractivity contribution is -0.129. The average Bonchev–Trinajstić information content (AvgIpc) is 2.99. The molecule has 1 aliphatic heterocycles. The smallest absolute Gasteiger partial charge is 0.280 e. The molecule has 1 atom stereocenters. The van der Waals surface area contributed by atoms with E-state index in [1.165, 1.54) is 30.4 Å². The molecule has 0 saturated carbocycles. The van der Waals surface area contributed by atoms with Gasteiger partial charge in [0.25, 0.3) is 12.3 Å². The van der Waals surface area contributed by atoms with E-state index in [1.807, 2.05) is 0 Å². The average molecular weight is 429 g/mol. The molecule has 0 spiro atoms. The fraction of sp³-hybridized carbons (Fsp3) is 0.150. The van der Waals surface area contributed by atoms with Crippen LogP contribution in [0.15, 0.2) is 59.9 Å². The van der Waals surface area contributed by atoms with Crippen molar-refractivity contribution in [3.8, 4) is 11.3 Å². The first-order valence-corrected chi connectivity index (χ1v) is 9.18. The van der Waals surface area contributed by atoms with Crippen LogP contribution in [-0.4, -0.2) is 39.0 Å².